The third-order valence-corrected chi connectivity index (χ3v) is 4.29. The van der Waals surface area contributed by atoms with Gasteiger partial charge < -0.3 is 0 Å². The maximum Gasteiger partial charge on any atom is 0.209 e. The van der Waals surface area contributed by atoms with Gasteiger partial charge in [0.05, 0.1) is 5.75 Å². The zero-order valence-corrected chi connectivity index (χ0v) is 13.8. The average molecular weight is 375 g/mol. The van der Waals surface area contributed by atoms with E-state index in [4.69, 9.17) is 0 Å². The summed E-state index contributed by atoms with van der Waals surface area (Å²) in [6.45, 7) is 0. The number of H-pyrrole nitrogens is 1. The predicted octanol–water partition coefficient (Wildman–Crippen LogP) is 3.60. The highest BCUT2D eigenvalue weighted by molar-refractivity contribution is 9.10. The van der Waals surface area contributed by atoms with Gasteiger partial charge in [-0.05, 0) is 24.3 Å². The number of nitrogens with one attached hydrogen (secondary N) is 1. The van der Waals surface area contributed by atoms with E-state index < -0.39 is 0 Å². The van der Waals surface area contributed by atoms with Crippen molar-refractivity contribution in [2.45, 2.75) is 5.16 Å². The Kier molecular flexibility index (Phi) is 4.65. The number of hydrogen-bond acceptors (Lipinski definition) is 5. The molecule has 1 aromatic carbocycles. The van der Waals surface area contributed by atoms with Crippen molar-refractivity contribution in [3.63, 3.8) is 0 Å². The Morgan fingerprint density at radius 2 is 1.86 bits per heavy atom. The van der Waals surface area contributed by atoms with Gasteiger partial charge in [-0.25, -0.2) is 4.98 Å². The zero-order valence-electron chi connectivity index (χ0n) is 11.4. The standard InChI is InChI=1S/C15H11BrN4OS/c16-12-3-1-10(2-4-12)13(21)9-22-15-18-14(19-20-15)11-5-7-17-8-6-11/h1-8H,9H2,(H,18,19,20). The number of thioether (sulfide) groups is 1. The quantitative estimate of drug-likeness (QED) is 0.545. The van der Waals surface area contributed by atoms with Crippen LogP contribution in [0.15, 0.2) is 58.4 Å². The summed E-state index contributed by atoms with van der Waals surface area (Å²) in [7, 11) is 0. The Morgan fingerprint density at radius 3 is 2.59 bits per heavy atom. The van der Waals surface area contributed by atoms with Crippen LogP contribution in [0.2, 0.25) is 0 Å². The predicted molar refractivity (Wildman–Crippen MR) is 88.8 cm³/mol. The minimum atomic E-state index is 0.0489. The summed E-state index contributed by atoms with van der Waals surface area (Å²) in [5.74, 6) is 1.02. The van der Waals surface area contributed by atoms with E-state index in [0.29, 0.717) is 22.3 Å². The third-order valence-electron chi connectivity index (χ3n) is 2.92. The summed E-state index contributed by atoms with van der Waals surface area (Å²) in [5.41, 5.74) is 1.59. The zero-order chi connectivity index (χ0) is 15.4. The lowest BCUT2D eigenvalue weighted by molar-refractivity contribution is 0.102. The van der Waals surface area contributed by atoms with Crippen LogP contribution < -0.4 is 0 Å². The third kappa shape index (κ3) is 3.61. The molecule has 0 saturated heterocycles. The normalized spacial score (nSPS) is 10.6. The Balaban J connectivity index is 1.64. The van der Waals surface area contributed by atoms with E-state index >= 15 is 0 Å². The van der Waals surface area contributed by atoms with Gasteiger partial charge in [-0.3, -0.25) is 14.9 Å². The first kappa shape index (κ1) is 14.9. The van der Waals surface area contributed by atoms with E-state index in [9.17, 15) is 4.79 Å². The van der Waals surface area contributed by atoms with Crippen LogP contribution in [-0.2, 0) is 0 Å². The molecule has 3 aromatic rings. The van der Waals surface area contributed by atoms with Gasteiger partial charge in [0.2, 0.25) is 5.16 Å². The summed E-state index contributed by atoms with van der Waals surface area (Å²) < 4.78 is 0.952. The average Bonchev–Trinajstić information content (AvgIpc) is 3.03. The highest BCUT2D eigenvalue weighted by Crippen LogP contribution is 2.20. The van der Waals surface area contributed by atoms with Gasteiger partial charge in [-0.15, -0.1) is 5.10 Å². The number of carbonyl (C=O) groups excluding carboxylic acids is 1. The maximum atomic E-state index is 12.1. The number of halogens is 1. The summed E-state index contributed by atoms with van der Waals surface area (Å²) >= 11 is 4.66. The Bertz CT molecular complexity index is 774. The van der Waals surface area contributed by atoms with Crippen LogP contribution in [0.3, 0.4) is 0 Å². The molecule has 0 amide bonds. The number of rotatable bonds is 5. The van der Waals surface area contributed by atoms with Crippen molar-refractivity contribution >= 4 is 33.5 Å². The molecule has 2 heterocycles. The van der Waals surface area contributed by atoms with Crippen LogP contribution >= 0.6 is 27.7 Å². The number of benzene rings is 1. The van der Waals surface area contributed by atoms with Gasteiger partial charge in [0, 0.05) is 28.0 Å². The van der Waals surface area contributed by atoms with Crippen LogP contribution in [0.4, 0.5) is 0 Å². The molecule has 0 radical (unpaired) electrons. The first-order chi connectivity index (χ1) is 10.7. The van der Waals surface area contributed by atoms with Crippen molar-refractivity contribution in [2.24, 2.45) is 0 Å². The van der Waals surface area contributed by atoms with E-state index in [2.05, 4.69) is 36.1 Å². The Morgan fingerprint density at radius 1 is 1.14 bits per heavy atom. The Hall–Kier alpha value is -1.99. The van der Waals surface area contributed by atoms with Gasteiger partial charge in [0.25, 0.3) is 0 Å². The van der Waals surface area contributed by atoms with Crippen molar-refractivity contribution in [1.82, 2.24) is 20.2 Å². The molecule has 3 rings (SSSR count). The van der Waals surface area contributed by atoms with Crippen LogP contribution in [-0.4, -0.2) is 31.7 Å². The molecule has 7 heteroatoms. The first-order valence-corrected chi connectivity index (χ1v) is 8.24. The van der Waals surface area contributed by atoms with Crippen LogP contribution in [0.25, 0.3) is 11.4 Å². The summed E-state index contributed by atoms with van der Waals surface area (Å²) in [4.78, 5) is 20.4. The molecule has 22 heavy (non-hydrogen) atoms. The highest BCUT2D eigenvalue weighted by atomic mass is 79.9. The number of nitrogens with zero attached hydrogens (tertiary/aromatic N) is 3. The molecular formula is C15H11BrN4OS. The van der Waals surface area contributed by atoms with Crippen LogP contribution in [0.5, 0.6) is 0 Å². The Labute approximate surface area is 139 Å². The number of pyridine rings is 1. The molecule has 2 aromatic heterocycles. The van der Waals surface area contributed by atoms with E-state index in [-0.39, 0.29) is 5.78 Å². The minimum absolute atomic E-state index is 0.0489. The molecule has 110 valence electrons. The van der Waals surface area contributed by atoms with Gasteiger partial charge >= 0.3 is 0 Å². The maximum absolute atomic E-state index is 12.1. The molecule has 0 spiro atoms. The number of hydrogen-bond donors (Lipinski definition) is 1. The summed E-state index contributed by atoms with van der Waals surface area (Å²) in [6.07, 6.45) is 3.39. The molecule has 0 atom stereocenters. The first-order valence-electron chi connectivity index (χ1n) is 6.47. The summed E-state index contributed by atoms with van der Waals surface area (Å²) in [6, 6.07) is 11.0. The topological polar surface area (TPSA) is 71.5 Å². The van der Waals surface area contributed by atoms with Crippen molar-refractivity contribution < 1.29 is 4.79 Å². The van der Waals surface area contributed by atoms with E-state index in [1.54, 1.807) is 24.5 Å². The molecule has 0 saturated carbocycles. The highest BCUT2D eigenvalue weighted by Gasteiger charge is 2.10. The van der Waals surface area contributed by atoms with Crippen LogP contribution in [0, 0.1) is 0 Å². The van der Waals surface area contributed by atoms with Gasteiger partial charge in [-0.1, -0.05) is 39.8 Å². The lowest BCUT2D eigenvalue weighted by atomic mass is 10.2. The number of ketones is 1. The molecule has 0 aliphatic heterocycles. The number of carbonyl (C=O) groups is 1. The SMILES string of the molecule is O=C(CSc1n[nH]c(-c2ccncc2)n1)c1ccc(Br)cc1. The second kappa shape index (κ2) is 6.85. The molecule has 0 bridgehead atoms. The molecule has 0 unspecified atom stereocenters. The molecule has 5 nitrogen and oxygen atoms in total. The smallest absolute Gasteiger partial charge is 0.209 e. The number of Topliss-reactive ketones (excluding diaryl/α,β-unsaturated/α-hetero) is 1. The largest absolute Gasteiger partial charge is 0.293 e. The van der Waals surface area contributed by atoms with E-state index in [1.807, 2.05) is 24.3 Å². The fraction of sp³-hybridized carbons (Fsp3) is 0.0667. The van der Waals surface area contributed by atoms with Crippen molar-refractivity contribution in [3.05, 3.63) is 58.8 Å². The molecule has 0 fully saturated rings. The minimum Gasteiger partial charge on any atom is -0.293 e. The molecule has 1 N–H and O–H groups in total. The lowest BCUT2D eigenvalue weighted by Crippen LogP contribution is -2.02. The van der Waals surface area contributed by atoms with Crippen molar-refractivity contribution in [1.29, 1.82) is 0 Å². The lowest BCUT2D eigenvalue weighted by Gasteiger charge is -1.99. The molecule has 0 aliphatic carbocycles. The van der Waals surface area contributed by atoms with Crippen molar-refractivity contribution in [2.75, 3.05) is 5.75 Å². The number of aromatic amines is 1. The fourth-order valence-corrected chi connectivity index (χ4v) is 2.76. The number of aromatic nitrogens is 4. The van der Waals surface area contributed by atoms with Crippen molar-refractivity contribution in [3.8, 4) is 11.4 Å². The van der Waals surface area contributed by atoms with Gasteiger partial charge in [-0.2, -0.15) is 0 Å². The van der Waals surface area contributed by atoms with E-state index in [0.717, 1.165) is 10.0 Å². The van der Waals surface area contributed by atoms with Crippen LogP contribution in [0.1, 0.15) is 10.4 Å². The second-order valence-corrected chi connectivity index (χ2v) is 6.28. The van der Waals surface area contributed by atoms with Gasteiger partial charge in [0.1, 0.15) is 0 Å². The summed E-state index contributed by atoms with van der Waals surface area (Å²) in [5, 5.41) is 7.54. The fourth-order valence-electron chi connectivity index (χ4n) is 1.80. The monoisotopic (exact) mass is 374 g/mol. The molecule has 0 aliphatic rings. The van der Waals surface area contributed by atoms with Gasteiger partial charge in [0.15, 0.2) is 11.6 Å². The second-order valence-electron chi connectivity index (χ2n) is 4.42. The van der Waals surface area contributed by atoms with E-state index in [1.165, 1.54) is 11.8 Å². The molecular weight excluding hydrogens is 364 g/mol.